The van der Waals surface area contributed by atoms with Crippen LogP contribution in [0.5, 0.6) is 5.75 Å². The SMILES string of the molecule is COC(=O)C1(c2ccc(OC)cc2)CC(N)C1. The zero-order chi connectivity index (χ0) is 12.5. The topological polar surface area (TPSA) is 61.5 Å². The van der Waals surface area contributed by atoms with Crippen LogP contribution in [0.15, 0.2) is 24.3 Å². The normalized spacial score (nSPS) is 27.1. The van der Waals surface area contributed by atoms with Crippen molar-refractivity contribution in [3.05, 3.63) is 29.8 Å². The van der Waals surface area contributed by atoms with Gasteiger partial charge in [0.2, 0.25) is 0 Å². The van der Waals surface area contributed by atoms with Gasteiger partial charge < -0.3 is 15.2 Å². The molecule has 0 radical (unpaired) electrons. The van der Waals surface area contributed by atoms with Crippen LogP contribution in [0.3, 0.4) is 0 Å². The highest BCUT2D eigenvalue weighted by atomic mass is 16.5. The third-order valence-corrected chi connectivity index (χ3v) is 3.44. The Labute approximate surface area is 101 Å². The van der Waals surface area contributed by atoms with E-state index in [1.807, 2.05) is 24.3 Å². The van der Waals surface area contributed by atoms with Crippen molar-refractivity contribution in [2.24, 2.45) is 5.73 Å². The van der Waals surface area contributed by atoms with E-state index >= 15 is 0 Å². The summed E-state index contributed by atoms with van der Waals surface area (Å²) in [4.78, 5) is 11.9. The van der Waals surface area contributed by atoms with Gasteiger partial charge in [0.15, 0.2) is 0 Å². The highest BCUT2D eigenvalue weighted by molar-refractivity contribution is 5.84. The van der Waals surface area contributed by atoms with Crippen molar-refractivity contribution in [3.8, 4) is 5.75 Å². The fraction of sp³-hybridized carbons (Fsp3) is 0.462. The summed E-state index contributed by atoms with van der Waals surface area (Å²) >= 11 is 0. The quantitative estimate of drug-likeness (QED) is 0.800. The summed E-state index contributed by atoms with van der Waals surface area (Å²) in [5.74, 6) is 0.571. The van der Waals surface area contributed by atoms with E-state index in [2.05, 4.69) is 0 Å². The van der Waals surface area contributed by atoms with Gasteiger partial charge in [-0.1, -0.05) is 12.1 Å². The first kappa shape index (κ1) is 11.9. The van der Waals surface area contributed by atoms with Crippen LogP contribution >= 0.6 is 0 Å². The summed E-state index contributed by atoms with van der Waals surface area (Å²) in [5, 5.41) is 0. The predicted molar refractivity (Wildman–Crippen MR) is 63.9 cm³/mol. The molecule has 1 saturated carbocycles. The number of rotatable bonds is 3. The Morgan fingerprint density at radius 2 is 1.88 bits per heavy atom. The first-order chi connectivity index (χ1) is 8.12. The standard InChI is InChI=1S/C13H17NO3/c1-16-11-5-3-9(4-6-11)13(12(15)17-2)7-10(14)8-13/h3-6,10H,7-8,14H2,1-2H3. The second-order valence-electron chi connectivity index (χ2n) is 4.47. The second kappa shape index (κ2) is 4.37. The van der Waals surface area contributed by atoms with Gasteiger partial charge in [0.25, 0.3) is 0 Å². The third-order valence-electron chi connectivity index (χ3n) is 3.44. The first-order valence-corrected chi connectivity index (χ1v) is 5.61. The summed E-state index contributed by atoms with van der Waals surface area (Å²) in [6.07, 6.45) is 1.29. The molecule has 0 saturated heterocycles. The molecule has 17 heavy (non-hydrogen) atoms. The lowest BCUT2D eigenvalue weighted by molar-refractivity contribution is -0.152. The number of carbonyl (C=O) groups excluding carboxylic acids is 1. The van der Waals surface area contributed by atoms with E-state index in [0.717, 1.165) is 11.3 Å². The maximum Gasteiger partial charge on any atom is 0.316 e. The molecule has 1 aromatic rings. The molecule has 2 rings (SSSR count). The van der Waals surface area contributed by atoms with Crippen molar-refractivity contribution in [2.45, 2.75) is 24.3 Å². The third kappa shape index (κ3) is 1.89. The van der Waals surface area contributed by atoms with Gasteiger partial charge in [-0.05, 0) is 30.5 Å². The molecule has 92 valence electrons. The molecule has 0 bridgehead atoms. The van der Waals surface area contributed by atoms with Gasteiger partial charge in [0.1, 0.15) is 5.75 Å². The molecule has 0 spiro atoms. The lowest BCUT2D eigenvalue weighted by Crippen LogP contribution is -2.54. The summed E-state index contributed by atoms with van der Waals surface area (Å²) in [6.45, 7) is 0. The smallest absolute Gasteiger partial charge is 0.316 e. The minimum absolute atomic E-state index is 0.0798. The number of methoxy groups -OCH3 is 2. The van der Waals surface area contributed by atoms with Crippen LogP contribution in [-0.2, 0) is 14.9 Å². The van der Waals surface area contributed by atoms with Crippen molar-refractivity contribution >= 4 is 5.97 Å². The van der Waals surface area contributed by atoms with Crippen molar-refractivity contribution in [2.75, 3.05) is 14.2 Å². The molecule has 0 unspecified atom stereocenters. The molecule has 0 heterocycles. The van der Waals surface area contributed by atoms with Gasteiger partial charge in [-0.25, -0.2) is 0 Å². The fourth-order valence-corrected chi connectivity index (χ4v) is 2.46. The number of benzene rings is 1. The van der Waals surface area contributed by atoms with E-state index in [1.54, 1.807) is 7.11 Å². The molecule has 2 N–H and O–H groups in total. The Balaban J connectivity index is 2.30. The Morgan fingerprint density at radius 3 is 2.29 bits per heavy atom. The molecule has 1 aromatic carbocycles. The molecule has 1 fully saturated rings. The summed E-state index contributed by atoms with van der Waals surface area (Å²) in [6, 6.07) is 7.59. The van der Waals surface area contributed by atoms with Crippen LogP contribution in [0.25, 0.3) is 0 Å². The van der Waals surface area contributed by atoms with Crippen molar-refractivity contribution < 1.29 is 14.3 Å². The average Bonchev–Trinajstić information content (AvgIpc) is 2.34. The van der Waals surface area contributed by atoms with E-state index in [4.69, 9.17) is 15.2 Å². The van der Waals surface area contributed by atoms with Crippen LogP contribution in [-0.4, -0.2) is 26.2 Å². The predicted octanol–water partition coefficient (Wildman–Crippen LogP) is 1.23. The molecule has 0 aromatic heterocycles. The van der Waals surface area contributed by atoms with Crippen LogP contribution in [0, 0.1) is 0 Å². The monoisotopic (exact) mass is 235 g/mol. The molecule has 1 aliphatic rings. The van der Waals surface area contributed by atoms with Gasteiger partial charge >= 0.3 is 5.97 Å². The second-order valence-corrected chi connectivity index (χ2v) is 4.47. The van der Waals surface area contributed by atoms with E-state index in [9.17, 15) is 4.79 Å². The van der Waals surface area contributed by atoms with Crippen molar-refractivity contribution in [1.29, 1.82) is 0 Å². The van der Waals surface area contributed by atoms with E-state index in [-0.39, 0.29) is 12.0 Å². The van der Waals surface area contributed by atoms with E-state index in [1.165, 1.54) is 7.11 Å². The Morgan fingerprint density at radius 1 is 1.29 bits per heavy atom. The fourth-order valence-electron chi connectivity index (χ4n) is 2.46. The zero-order valence-electron chi connectivity index (χ0n) is 10.1. The molecule has 0 amide bonds. The molecule has 0 atom stereocenters. The zero-order valence-corrected chi connectivity index (χ0v) is 10.1. The Kier molecular flexibility index (Phi) is 3.07. The Bertz CT molecular complexity index is 407. The van der Waals surface area contributed by atoms with Crippen LogP contribution in [0.1, 0.15) is 18.4 Å². The maximum absolute atomic E-state index is 11.9. The van der Waals surface area contributed by atoms with Gasteiger partial charge in [-0.15, -0.1) is 0 Å². The van der Waals surface area contributed by atoms with Crippen molar-refractivity contribution in [3.63, 3.8) is 0 Å². The molecular weight excluding hydrogens is 218 g/mol. The van der Waals surface area contributed by atoms with E-state index in [0.29, 0.717) is 12.8 Å². The van der Waals surface area contributed by atoms with Crippen LogP contribution < -0.4 is 10.5 Å². The molecular formula is C13H17NO3. The highest BCUT2D eigenvalue weighted by Crippen LogP contribution is 2.44. The number of nitrogens with two attached hydrogens (primary N) is 1. The minimum Gasteiger partial charge on any atom is -0.497 e. The van der Waals surface area contributed by atoms with E-state index < -0.39 is 5.41 Å². The van der Waals surface area contributed by atoms with Crippen molar-refractivity contribution in [1.82, 2.24) is 0 Å². The number of hydrogen-bond acceptors (Lipinski definition) is 4. The molecule has 0 aliphatic heterocycles. The molecule has 1 aliphatic carbocycles. The Hall–Kier alpha value is -1.55. The molecule has 4 heteroatoms. The number of carbonyl (C=O) groups is 1. The van der Waals surface area contributed by atoms with Gasteiger partial charge in [0, 0.05) is 6.04 Å². The average molecular weight is 235 g/mol. The largest absolute Gasteiger partial charge is 0.497 e. The van der Waals surface area contributed by atoms with Crippen LogP contribution in [0.4, 0.5) is 0 Å². The number of hydrogen-bond donors (Lipinski definition) is 1. The lowest BCUT2D eigenvalue weighted by atomic mass is 9.62. The summed E-state index contributed by atoms with van der Waals surface area (Å²) in [7, 11) is 3.03. The lowest BCUT2D eigenvalue weighted by Gasteiger charge is -2.43. The number of esters is 1. The van der Waals surface area contributed by atoms with Gasteiger partial charge in [-0.3, -0.25) is 4.79 Å². The first-order valence-electron chi connectivity index (χ1n) is 5.61. The van der Waals surface area contributed by atoms with Gasteiger partial charge in [0.05, 0.1) is 19.6 Å². The molecule has 4 nitrogen and oxygen atoms in total. The van der Waals surface area contributed by atoms with Crippen LogP contribution in [0.2, 0.25) is 0 Å². The number of ether oxygens (including phenoxy) is 2. The minimum atomic E-state index is -0.555. The summed E-state index contributed by atoms with van der Waals surface area (Å²) in [5.41, 5.74) is 6.20. The highest BCUT2D eigenvalue weighted by Gasteiger charge is 2.51. The summed E-state index contributed by atoms with van der Waals surface area (Å²) < 4.78 is 9.99. The van der Waals surface area contributed by atoms with Gasteiger partial charge in [-0.2, -0.15) is 0 Å². The maximum atomic E-state index is 11.9.